The summed E-state index contributed by atoms with van der Waals surface area (Å²) in [5, 5.41) is 11.3. The van der Waals surface area contributed by atoms with Gasteiger partial charge in [-0.3, -0.25) is 0 Å². The molecule has 2 N–H and O–H groups in total. The molecule has 1 aliphatic carbocycles. The summed E-state index contributed by atoms with van der Waals surface area (Å²) < 4.78 is 1.81. The lowest BCUT2D eigenvalue weighted by Crippen LogP contribution is -2.10. The molecule has 1 heterocycles. The zero-order chi connectivity index (χ0) is 9.10. The van der Waals surface area contributed by atoms with Crippen molar-refractivity contribution >= 4 is 0 Å². The van der Waals surface area contributed by atoms with Crippen molar-refractivity contribution in [3.63, 3.8) is 0 Å². The summed E-state index contributed by atoms with van der Waals surface area (Å²) in [4.78, 5) is 0. The van der Waals surface area contributed by atoms with Crippen LogP contribution in [0.1, 0.15) is 31.5 Å². The van der Waals surface area contributed by atoms with Crippen LogP contribution in [0.5, 0.6) is 0 Å². The molecule has 1 aromatic rings. The minimum absolute atomic E-state index is 0.427. The Balaban J connectivity index is 1.78. The molecule has 0 aliphatic heterocycles. The van der Waals surface area contributed by atoms with E-state index < -0.39 is 0 Å². The van der Waals surface area contributed by atoms with Gasteiger partial charge in [0, 0.05) is 6.54 Å². The van der Waals surface area contributed by atoms with Crippen LogP contribution in [0, 0.1) is 5.92 Å². The van der Waals surface area contributed by atoms with Crippen LogP contribution in [-0.4, -0.2) is 20.2 Å². The normalized spacial score (nSPS) is 16.4. The predicted octanol–water partition coefficient (Wildman–Crippen LogP) is 0.322. The highest BCUT2D eigenvalue weighted by atomic mass is 15.5. The summed E-state index contributed by atoms with van der Waals surface area (Å²) in [5.41, 5.74) is 5.48. The molecule has 0 unspecified atom stereocenters. The fraction of sp³-hybridized carbons (Fsp3) is 0.875. The van der Waals surface area contributed by atoms with Crippen molar-refractivity contribution in [1.82, 2.24) is 20.2 Å². The van der Waals surface area contributed by atoms with E-state index in [-0.39, 0.29) is 0 Å². The first-order valence-corrected chi connectivity index (χ1v) is 4.85. The molecular weight excluding hydrogens is 166 g/mol. The molecule has 0 bridgehead atoms. The quantitative estimate of drug-likeness (QED) is 0.710. The Morgan fingerprint density at radius 3 is 3.00 bits per heavy atom. The number of nitrogens with two attached hydrogens (primary N) is 1. The van der Waals surface area contributed by atoms with Gasteiger partial charge in [0.15, 0.2) is 5.82 Å². The number of aryl methyl sites for hydroxylation is 1. The molecule has 1 aromatic heterocycles. The van der Waals surface area contributed by atoms with E-state index in [9.17, 15) is 0 Å². The number of tetrazole rings is 1. The van der Waals surface area contributed by atoms with Crippen LogP contribution in [0.3, 0.4) is 0 Å². The van der Waals surface area contributed by atoms with Gasteiger partial charge in [0.2, 0.25) is 0 Å². The van der Waals surface area contributed by atoms with Crippen molar-refractivity contribution in [1.29, 1.82) is 0 Å². The van der Waals surface area contributed by atoms with Gasteiger partial charge in [0.05, 0.1) is 6.54 Å². The lowest BCUT2D eigenvalue weighted by molar-refractivity contribution is 0.508. The van der Waals surface area contributed by atoms with Gasteiger partial charge in [-0.1, -0.05) is 12.8 Å². The third-order valence-corrected chi connectivity index (χ3v) is 2.47. The summed E-state index contributed by atoms with van der Waals surface area (Å²) in [6.45, 7) is 1.34. The lowest BCUT2D eigenvalue weighted by atomic mass is 10.2. The molecule has 0 amide bonds. The van der Waals surface area contributed by atoms with Crippen LogP contribution in [0.4, 0.5) is 0 Å². The van der Waals surface area contributed by atoms with Crippen molar-refractivity contribution in [3.05, 3.63) is 5.82 Å². The third-order valence-electron chi connectivity index (χ3n) is 2.47. The van der Waals surface area contributed by atoms with Crippen LogP contribution in [0.15, 0.2) is 0 Å². The van der Waals surface area contributed by atoms with Gasteiger partial charge >= 0.3 is 0 Å². The van der Waals surface area contributed by atoms with Crippen LogP contribution in [0.2, 0.25) is 0 Å². The smallest absolute Gasteiger partial charge is 0.164 e. The standard InChI is InChI=1S/C8H15N5/c9-6-8-10-11-12-13(8)5-1-2-7-3-4-7/h7H,1-6,9H2. The van der Waals surface area contributed by atoms with Crippen LogP contribution >= 0.6 is 0 Å². The number of hydrogen-bond donors (Lipinski definition) is 1. The maximum atomic E-state index is 5.48. The molecule has 1 fully saturated rings. The minimum atomic E-state index is 0.427. The number of rotatable bonds is 5. The van der Waals surface area contributed by atoms with Gasteiger partial charge < -0.3 is 5.73 Å². The number of aromatic nitrogens is 4. The maximum Gasteiger partial charge on any atom is 0.164 e. The van der Waals surface area contributed by atoms with Crippen molar-refractivity contribution in [2.45, 2.75) is 38.8 Å². The first-order valence-electron chi connectivity index (χ1n) is 4.85. The SMILES string of the molecule is NCc1nnnn1CCCC1CC1. The van der Waals surface area contributed by atoms with Crippen LogP contribution < -0.4 is 5.73 Å². The molecule has 0 spiro atoms. The van der Waals surface area contributed by atoms with E-state index >= 15 is 0 Å². The van der Waals surface area contributed by atoms with Crippen LogP contribution in [0.25, 0.3) is 0 Å². The fourth-order valence-corrected chi connectivity index (χ4v) is 1.48. The highest BCUT2D eigenvalue weighted by Crippen LogP contribution is 2.33. The highest BCUT2D eigenvalue weighted by molar-refractivity contribution is 4.78. The Morgan fingerprint density at radius 1 is 1.46 bits per heavy atom. The van der Waals surface area contributed by atoms with Crippen molar-refractivity contribution in [2.24, 2.45) is 11.7 Å². The lowest BCUT2D eigenvalue weighted by Gasteiger charge is -2.01. The molecule has 5 heteroatoms. The van der Waals surface area contributed by atoms with E-state index in [2.05, 4.69) is 15.5 Å². The van der Waals surface area contributed by atoms with Crippen molar-refractivity contribution in [3.8, 4) is 0 Å². The summed E-state index contributed by atoms with van der Waals surface area (Å²) in [6, 6.07) is 0. The molecule has 5 nitrogen and oxygen atoms in total. The maximum absolute atomic E-state index is 5.48. The molecule has 0 saturated heterocycles. The molecule has 1 saturated carbocycles. The first-order chi connectivity index (χ1) is 6.40. The topological polar surface area (TPSA) is 69.6 Å². The van der Waals surface area contributed by atoms with Gasteiger partial charge in [0.1, 0.15) is 0 Å². The monoisotopic (exact) mass is 181 g/mol. The first kappa shape index (κ1) is 8.62. The van der Waals surface area contributed by atoms with E-state index in [1.807, 2.05) is 4.68 Å². The highest BCUT2D eigenvalue weighted by Gasteiger charge is 2.20. The Kier molecular flexibility index (Phi) is 2.54. The Hall–Kier alpha value is -0.970. The summed E-state index contributed by atoms with van der Waals surface area (Å²) in [5.74, 6) is 1.77. The second-order valence-electron chi connectivity index (χ2n) is 3.61. The molecule has 72 valence electrons. The minimum Gasteiger partial charge on any atom is -0.324 e. The van der Waals surface area contributed by atoms with E-state index in [0.717, 1.165) is 18.3 Å². The zero-order valence-electron chi connectivity index (χ0n) is 7.69. The molecule has 0 aromatic carbocycles. The number of hydrogen-bond acceptors (Lipinski definition) is 4. The van der Waals surface area contributed by atoms with E-state index in [0.29, 0.717) is 6.54 Å². The van der Waals surface area contributed by atoms with Crippen LogP contribution in [-0.2, 0) is 13.1 Å². The molecular formula is C8H15N5. The molecule has 0 atom stereocenters. The largest absolute Gasteiger partial charge is 0.324 e. The van der Waals surface area contributed by atoms with E-state index in [1.165, 1.54) is 25.7 Å². The molecule has 0 radical (unpaired) electrons. The zero-order valence-corrected chi connectivity index (χ0v) is 7.69. The third kappa shape index (κ3) is 2.24. The molecule has 2 rings (SSSR count). The predicted molar refractivity (Wildman–Crippen MR) is 47.7 cm³/mol. The van der Waals surface area contributed by atoms with Gasteiger partial charge in [0.25, 0.3) is 0 Å². The molecule has 13 heavy (non-hydrogen) atoms. The van der Waals surface area contributed by atoms with Gasteiger partial charge in [-0.2, -0.15) is 0 Å². The Labute approximate surface area is 77.3 Å². The average Bonchev–Trinajstić information content (AvgIpc) is 2.84. The van der Waals surface area contributed by atoms with Gasteiger partial charge in [-0.25, -0.2) is 4.68 Å². The fourth-order valence-electron chi connectivity index (χ4n) is 1.48. The second-order valence-corrected chi connectivity index (χ2v) is 3.61. The summed E-state index contributed by atoms with van der Waals surface area (Å²) in [7, 11) is 0. The average molecular weight is 181 g/mol. The van der Waals surface area contributed by atoms with E-state index in [4.69, 9.17) is 5.73 Å². The number of nitrogens with zero attached hydrogens (tertiary/aromatic N) is 4. The molecule has 1 aliphatic rings. The summed E-state index contributed by atoms with van der Waals surface area (Å²) in [6.07, 6.45) is 5.31. The van der Waals surface area contributed by atoms with Gasteiger partial charge in [-0.15, -0.1) is 5.10 Å². The van der Waals surface area contributed by atoms with Gasteiger partial charge in [-0.05, 0) is 29.2 Å². The Morgan fingerprint density at radius 2 is 2.31 bits per heavy atom. The van der Waals surface area contributed by atoms with Crippen molar-refractivity contribution < 1.29 is 0 Å². The summed E-state index contributed by atoms with van der Waals surface area (Å²) >= 11 is 0. The second kappa shape index (κ2) is 3.83. The van der Waals surface area contributed by atoms with E-state index in [1.54, 1.807) is 0 Å². The van der Waals surface area contributed by atoms with Crippen molar-refractivity contribution in [2.75, 3.05) is 0 Å². The Bertz CT molecular complexity index is 265.